The Hall–Kier alpha value is -1.59. The van der Waals surface area contributed by atoms with Crippen LogP contribution in [-0.4, -0.2) is 24.1 Å². The quantitative estimate of drug-likeness (QED) is 0.578. The van der Waals surface area contributed by atoms with Crippen LogP contribution in [0.25, 0.3) is 0 Å². The van der Waals surface area contributed by atoms with Crippen molar-refractivity contribution >= 4 is 24.3 Å². The average Bonchev–Trinajstić information content (AvgIpc) is 2.59. The van der Waals surface area contributed by atoms with E-state index in [4.69, 9.17) is 15.2 Å². The molecule has 0 bridgehead atoms. The van der Waals surface area contributed by atoms with Crippen molar-refractivity contribution < 1.29 is 19.1 Å². The van der Waals surface area contributed by atoms with Crippen molar-refractivity contribution in [1.82, 2.24) is 0 Å². The van der Waals surface area contributed by atoms with E-state index in [1.54, 1.807) is 12.1 Å². The van der Waals surface area contributed by atoms with E-state index in [0.717, 1.165) is 31.2 Å². The van der Waals surface area contributed by atoms with Gasteiger partial charge in [0, 0.05) is 6.42 Å². The van der Waals surface area contributed by atoms with Crippen LogP contribution in [-0.2, 0) is 20.7 Å². The normalized spacial score (nSPS) is 19.7. The standard InChI is InChI=1S/C21H31NO4.ClH/c1-21(2,3)26-19(23)13-8-15-6-11-18(12-7-15)25-20(24)17-9-4-16(14-22)5-10-17;/h6-7,11-12,16-17H,4-5,8-10,13-14,22H2,1-3H3;1H. The maximum absolute atomic E-state index is 12.3. The fourth-order valence-corrected chi connectivity index (χ4v) is 3.20. The van der Waals surface area contributed by atoms with E-state index >= 15 is 0 Å². The molecule has 0 amide bonds. The molecule has 0 radical (unpaired) electrons. The van der Waals surface area contributed by atoms with Crippen molar-refractivity contribution in [3.05, 3.63) is 29.8 Å². The smallest absolute Gasteiger partial charge is 0.314 e. The molecule has 2 rings (SSSR count). The van der Waals surface area contributed by atoms with Gasteiger partial charge in [0.05, 0.1) is 5.92 Å². The van der Waals surface area contributed by atoms with Crippen molar-refractivity contribution in [1.29, 1.82) is 0 Å². The first-order chi connectivity index (χ1) is 12.3. The molecule has 1 saturated carbocycles. The third-order valence-electron chi connectivity index (χ3n) is 4.69. The van der Waals surface area contributed by atoms with Gasteiger partial charge in [-0.25, -0.2) is 0 Å². The Morgan fingerprint density at radius 1 is 1.07 bits per heavy atom. The number of rotatable bonds is 6. The summed E-state index contributed by atoms with van der Waals surface area (Å²) in [7, 11) is 0. The molecule has 1 aliphatic carbocycles. The molecule has 1 aromatic rings. The van der Waals surface area contributed by atoms with Gasteiger partial charge in [0.25, 0.3) is 0 Å². The van der Waals surface area contributed by atoms with Crippen LogP contribution in [0.5, 0.6) is 5.75 Å². The minimum Gasteiger partial charge on any atom is -0.460 e. The molecule has 0 spiro atoms. The lowest BCUT2D eigenvalue weighted by Crippen LogP contribution is -2.28. The van der Waals surface area contributed by atoms with Crippen molar-refractivity contribution in [2.75, 3.05) is 6.54 Å². The molecule has 1 aromatic carbocycles. The fraction of sp³-hybridized carbons (Fsp3) is 0.619. The van der Waals surface area contributed by atoms with Gasteiger partial charge in [-0.3, -0.25) is 9.59 Å². The molecule has 6 heteroatoms. The predicted octanol–water partition coefficient (Wildman–Crippen LogP) is 4.05. The van der Waals surface area contributed by atoms with Crippen LogP contribution in [0.15, 0.2) is 24.3 Å². The predicted molar refractivity (Wildman–Crippen MR) is 108 cm³/mol. The summed E-state index contributed by atoms with van der Waals surface area (Å²) in [6.07, 6.45) is 4.65. The highest BCUT2D eigenvalue weighted by Gasteiger charge is 2.27. The lowest BCUT2D eigenvalue weighted by molar-refractivity contribution is -0.154. The minimum absolute atomic E-state index is 0. The Morgan fingerprint density at radius 2 is 1.67 bits per heavy atom. The van der Waals surface area contributed by atoms with Gasteiger partial charge >= 0.3 is 11.9 Å². The van der Waals surface area contributed by atoms with E-state index in [2.05, 4.69) is 0 Å². The highest BCUT2D eigenvalue weighted by molar-refractivity contribution is 5.85. The summed E-state index contributed by atoms with van der Waals surface area (Å²) in [5.74, 6) is 0.716. The van der Waals surface area contributed by atoms with Gasteiger partial charge in [0.2, 0.25) is 0 Å². The van der Waals surface area contributed by atoms with E-state index < -0.39 is 5.60 Å². The molecule has 1 aliphatic rings. The molecule has 1 fully saturated rings. The zero-order valence-corrected chi connectivity index (χ0v) is 17.3. The second-order valence-electron chi connectivity index (χ2n) is 8.10. The molecular formula is C21H32ClNO4. The second-order valence-corrected chi connectivity index (χ2v) is 8.10. The molecule has 0 aromatic heterocycles. The summed E-state index contributed by atoms with van der Waals surface area (Å²) in [6.45, 7) is 6.27. The SMILES string of the molecule is CC(C)(C)OC(=O)CCc1ccc(OC(=O)C2CCC(CN)CC2)cc1.Cl. The van der Waals surface area contributed by atoms with Crippen molar-refractivity contribution in [3.63, 3.8) is 0 Å². The minimum atomic E-state index is -0.460. The fourth-order valence-electron chi connectivity index (χ4n) is 3.20. The van der Waals surface area contributed by atoms with E-state index in [9.17, 15) is 9.59 Å². The number of nitrogens with two attached hydrogens (primary N) is 1. The number of ether oxygens (including phenoxy) is 2. The number of hydrogen-bond donors (Lipinski definition) is 1. The van der Waals surface area contributed by atoms with Crippen molar-refractivity contribution in [2.45, 2.75) is 64.9 Å². The number of hydrogen-bond acceptors (Lipinski definition) is 5. The molecular weight excluding hydrogens is 366 g/mol. The Labute approximate surface area is 168 Å². The zero-order chi connectivity index (χ0) is 19.2. The molecule has 0 aliphatic heterocycles. The topological polar surface area (TPSA) is 78.6 Å². The first kappa shape index (κ1) is 23.4. The molecule has 0 unspecified atom stereocenters. The van der Waals surface area contributed by atoms with E-state index in [0.29, 0.717) is 31.1 Å². The molecule has 27 heavy (non-hydrogen) atoms. The number of carbonyl (C=O) groups is 2. The van der Waals surface area contributed by atoms with Crippen molar-refractivity contribution in [2.24, 2.45) is 17.6 Å². The van der Waals surface area contributed by atoms with Crippen LogP contribution < -0.4 is 10.5 Å². The van der Waals surface area contributed by atoms with Gasteiger partial charge in [-0.1, -0.05) is 12.1 Å². The van der Waals surface area contributed by atoms with Gasteiger partial charge in [-0.2, -0.15) is 0 Å². The van der Waals surface area contributed by atoms with E-state index in [-0.39, 0.29) is 30.3 Å². The summed E-state index contributed by atoms with van der Waals surface area (Å²) in [5.41, 5.74) is 6.24. The van der Waals surface area contributed by atoms with Crippen LogP contribution in [0.4, 0.5) is 0 Å². The third kappa shape index (κ3) is 8.31. The van der Waals surface area contributed by atoms with Gasteiger partial charge < -0.3 is 15.2 Å². The largest absolute Gasteiger partial charge is 0.460 e. The summed E-state index contributed by atoms with van der Waals surface area (Å²) >= 11 is 0. The molecule has 2 N–H and O–H groups in total. The monoisotopic (exact) mass is 397 g/mol. The number of carbonyl (C=O) groups excluding carboxylic acids is 2. The molecule has 152 valence electrons. The first-order valence-corrected chi connectivity index (χ1v) is 9.49. The summed E-state index contributed by atoms with van der Waals surface area (Å²) in [6, 6.07) is 7.35. The van der Waals surface area contributed by atoms with Gasteiger partial charge in [-0.15, -0.1) is 12.4 Å². The lowest BCUT2D eigenvalue weighted by Gasteiger charge is -2.26. The lowest BCUT2D eigenvalue weighted by atomic mass is 9.82. The summed E-state index contributed by atoms with van der Waals surface area (Å²) in [4.78, 5) is 24.0. The number of benzene rings is 1. The first-order valence-electron chi connectivity index (χ1n) is 9.49. The highest BCUT2D eigenvalue weighted by atomic mass is 35.5. The zero-order valence-electron chi connectivity index (χ0n) is 16.5. The second kappa shape index (κ2) is 10.7. The molecule has 0 heterocycles. The van der Waals surface area contributed by atoms with Crippen LogP contribution in [0.3, 0.4) is 0 Å². The maximum atomic E-state index is 12.3. The Morgan fingerprint density at radius 3 is 2.19 bits per heavy atom. The number of esters is 2. The van der Waals surface area contributed by atoms with Crippen LogP contribution in [0.1, 0.15) is 58.4 Å². The van der Waals surface area contributed by atoms with Gasteiger partial charge in [-0.05, 0) is 83.0 Å². The summed E-state index contributed by atoms with van der Waals surface area (Å²) in [5, 5.41) is 0. The van der Waals surface area contributed by atoms with Crippen molar-refractivity contribution in [3.8, 4) is 5.75 Å². The van der Waals surface area contributed by atoms with Crippen LogP contribution in [0.2, 0.25) is 0 Å². The van der Waals surface area contributed by atoms with Crippen LogP contribution in [0, 0.1) is 11.8 Å². The van der Waals surface area contributed by atoms with E-state index in [1.807, 2.05) is 32.9 Å². The Bertz CT molecular complexity index is 602. The maximum Gasteiger partial charge on any atom is 0.314 e. The average molecular weight is 398 g/mol. The van der Waals surface area contributed by atoms with Crippen LogP contribution >= 0.6 is 12.4 Å². The number of halogens is 1. The molecule has 5 nitrogen and oxygen atoms in total. The number of aryl methyl sites for hydroxylation is 1. The van der Waals surface area contributed by atoms with Gasteiger partial charge in [0.15, 0.2) is 0 Å². The summed E-state index contributed by atoms with van der Waals surface area (Å²) < 4.78 is 10.8. The molecule has 0 saturated heterocycles. The highest BCUT2D eigenvalue weighted by Crippen LogP contribution is 2.29. The Balaban J connectivity index is 0.00000364. The third-order valence-corrected chi connectivity index (χ3v) is 4.69. The van der Waals surface area contributed by atoms with E-state index in [1.165, 1.54) is 0 Å². The Kier molecular flexibility index (Phi) is 9.27. The van der Waals surface area contributed by atoms with Gasteiger partial charge in [0.1, 0.15) is 11.4 Å². The molecule has 0 atom stereocenters.